The number of nitrogens with zero attached hydrogens (tertiary/aromatic N) is 2. The summed E-state index contributed by atoms with van der Waals surface area (Å²) in [6, 6.07) is 9.10. The first-order valence-electron chi connectivity index (χ1n) is 6.77. The predicted octanol–water partition coefficient (Wildman–Crippen LogP) is 3.51. The molecule has 1 aromatic carbocycles. The molecule has 20 heavy (non-hydrogen) atoms. The van der Waals surface area contributed by atoms with Gasteiger partial charge in [0.25, 0.3) is 5.91 Å². The molecule has 4 heteroatoms. The first-order chi connectivity index (χ1) is 9.60. The molecule has 0 unspecified atom stereocenters. The molecule has 1 fully saturated rings. The van der Waals surface area contributed by atoms with Crippen molar-refractivity contribution in [2.75, 3.05) is 13.1 Å². The van der Waals surface area contributed by atoms with Gasteiger partial charge in [-0.05, 0) is 42.5 Å². The summed E-state index contributed by atoms with van der Waals surface area (Å²) in [4.78, 5) is 14.1. The lowest BCUT2D eigenvalue weighted by Crippen LogP contribution is -2.38. The number of amides is 1. The van der Waals surface area contributed by atoms with Crippen molar-refractivity contribution in [3.05, 3.63) is 40.4 Å². The summed E-state index contributed by atoms with van der Waals surface area (Å²) in [5.41, 5.74) is 0.992. The minimum Gasteiger partial charge on any atom is -0.338 e. The van der Waals surface area contributed by atoms with E-state index in [1.54, 1.807) is 35.2 Å². The maximum atomic E-state index is 12.3. The lowest BCUT2D eigenvalue weighted by Gasteiger charge is -2.30. The Kier molecular flexibility index (Phi) is 4.81. The van der Waals surface area contributed by atoms with Crippen LogP contribution in [-0.4, -0.2) is 23.9 Å². The van der Waals surface area contributed by atoms with Gasteiger partial charge in [-0.3, -0.25) is 4.79 Å². The van der Waals surface area contributed by atoms with E-state index in [4.69, 9.17) is 11.6 Å². The highest BCUT2D eigenvalue weighted by atomic mass is 35.5. The van der Waals surface area contributed by atoms with Crippen LogP contribution in [0.25, 0.3) is 6.08 Å². The van der Waals surface area contributed by atoms with Gasteiger partial charge in [-0.2, -0.15) is 5.26 Å². The fourth-order valence-corrected chi connectivity index (χ4v) is 2.38. The number of piperidine rings is 1. The average Bonchev–Trinajstić information content (AvgIpc) is 2.47. The molecule has 0 bridgehead atoms. The van der Waals surface area contributed by atoms with Gasteiger partial charge in [0.2, 0.25) is 0 Å². The van der Waals surface area contributed by atoms with Gasteiger partial charge < -0.3 is 4.90 Å². The number of carbonyl (C=O) groups is 1. The number of hydrogen-bond donors (Lipinski definition) is 0. The minimum absolute atomic E-state index is 0.172. The lowest BCUT2D eigenvalue weighted by molar-refractivity contribution is -0.127. The van der Waals surface area contributed by atoms with E-state index < -0.39 is 0 Å². The van der Waals surface area contributed by atoms with E-state index in [1.165, 1.54) is 0 Å². The third-order valence-corrected chi connectivity index (χ3v) is 3.85. The van der Waals surface area contributed by atoms with E-state index in [0.29, 0.717) is 10.9 Å². The molecule has 1 heterocycles. The quantitative estimate of drug-likeness (QED) is 0.617. The van der Waals surface area contributed by atoms with Crippen molar-refractivity contribution in [3.8, 4) is 6.07 Å². The Morgan fingerprint density at radius 2 is 1.95 bits per heavy atom. The smallest absolute Gasteiger partial charge is 0.264 e. The molecule has 2 rings (SSSR count). The van der Waals surface area contributed by atoms with Gasteiger partial charge in [0.05, 0.1) is 0 Å². The molecule has 0 saturated carbocycles. The van der Waals surface area contributed by atoms with Gasteiger partial charge >= 0.3 is 0 Å². The van der Waals surface area contributed by atoms with E-state index in [-0.39, 0.29) is 11.5 Å². The molecule has 0 aliphatic carbocycles. The molecule has 0 atom stereocenters. The number of rotatable bonds is 2. The van der Waals surface area contributed by atoms with Gasteiger partial charge in [-0.1, -0.05) is 30.7 Å². The second-order valence-electron chi connectivity index (χ2n) is 5.20. The van der Waals surface area contributed by atoms with E-state index >= 15 is 0 Å². The zero-order valence-corrected chi connectivity index (χ0v) is 12.2. The summed E-state index contributed by atoms with van der Waals surface area (Å²) in [5, 5.41) is 9.84. The number of halogens is 1. The van der Waals surface area contributed by atoms with Crippen LogP contribution in [0.2, 0.25) is 5.02 Å². The Morgan fingerprint density at radius 3 is 2.50 bits per heavy atom. The molecule has 0 aromatic heterocycles. The van der Waals surface area contributed by atoms with Gasteiger partial charge in [0, 0.05) is 18.1 Å². The van der Waals surface area contributed by atoms with Crippen molar-refractivity contribution >= 4 is 23.6 Å². The molecule has 0 N–H and O–H groups in total. The van der Waals surface area contributed by atoms with Gasteiger partial charge in [0.15, 0.2) is 0 Å². The Balaban J connectivity index is 2.13. The Bertz CT molecular complexity index is 549. The van der Waals surface area contributed by atoms with Gasteiger partial charge in [-0.15, -0.1) is 0 Å². The van der Waals surface area contributed by atoms with Gasteiger partial charge in [0.1, 0.15) is 11.6 Å². The Morgan fingerprint density at radius 1 is 1.35 bits per heavy atom. The van der Waals surface area contributed by atoms with E-state index in [2.05, 4.69) is 6.92 Å². The third-order valence-electron chi connectivity index (χ3n) is 3.60. The van der Waals surface area contributed by atoms with Crippen LogP contribution in [0.5, 0.6) is 0 Å². The summed E-state index contributed by atoms with van der Waals surface area (Å²) in [6.07, 6.45) is 3.63. The number of carbonyl (C=O) groups excluding carboxylic acids is 1. The molecular formula is C16H17ClN2O. The summed E-state index contributed by atoms with van der Waals surface area (Å²) >= 11 is 5.82. The molecule has 1 amide bonds. The van der Waals surface area contributed by atoms with Crippen molar-refractivity contribution in [1.29, 1.82) is 5.26 Å². The van der Waals surface area contributed by atoms with Crippen molar-refractivity contribution in [3.63, 3.8) is 0 Å². The second-order valence-corrected chi connectivity index (χ2v) is 5.63. The van der Waals surface area contributed by atoms with Crippen molar-refractivity contribution in [2.24, 2.45) is 5.92 Å². The Labute approximate surface area is 124 Å². The largest absolute Gasteiger partial charge is 0.338 e. The van der Waals surface area contributed by atoms with E-state index in [1.807, 2.05) is 6.07 Å². The van der Waals surface area contributed by atoms with Crippen LogP contribution in [0.1, 0.15) is 25.3 Å². The highest BCUT2D eigenvalue weighted by molar-refractivity contribution is 6.30. The zero-order valence-electron chi connectivity index (χ0n) is 11.5. The first kappa shape index (κ1) is 14.6. The van der Waals surface area contributed by atoms with Crippen LogP contribution in [0.3, 0.4) is 0 Å². The fourth-order valence-electron chi connectivity index (χ4n) is 2.25. The zero-order chi connectivity index (χ0) is 14.5. The summed E-state index contributed by atoms with van der Waals surface area (Å²) in [5.74, 6) is 0.485. The molecule has 0 spiro atoms. The van der Waals surface area contributed by atoms with Gasteiger partial charge in [-0.25, -0.2) is 0 Å². The maximum absolute atomic E-state index is 12.3. The van der Waals surface area contributed by atoms with E-state index in [9.17, 15) is 10.1 Å². The van der Waals surface area contributed by atoms with Crippen LogP contribution in [0.15, 0.2) is 29.8 Å². The number of benzene rings is 1. The lowest BCUT2D eigenvalue weighted by atomic mass is 9.98. The van der Waals surface area contributed by atoms with Crippen LogP contribution >= 0.6 is 11.6 Å². The van der Waals surface area contributed by atoms with Crippen LogP contribution in [-0.2, 0) is 4.79 Å². The maximum Gasteiger partial charge on any atom is 0.264 e. The minimum atomic E-state index is -0.172. The average molecular weight is 289 g/mol. The standard InChI is InChI=1S/C16H17ClN2O/c1-12-6-8-19(9-7-12)16(20)14(11-18)10-13-2-4-15(17)5-3-13/h2-5,10,12H,6-9H2,1H3/b14-10+. The molecule has 1 aliphatic rings. The molecule has 1 saturated heterocycles. The third kappa shape index (κ3) is 3.61. The highest BCUT2D eigenvalue weighted by Gasteiger charge is 2.22. The number of likely N-dealkylation sites (tertiary alicyclic amines) is 1. The summed E-state index contributed by atoms with van der Waals surface area (Å²) < 4.78 is 0. The molecule has 3 nitrogen and oxygen atoms in total. The molecule has 0 radical (unpaired) electrons. The molecule has 1 aromatic rings. The molecule has 1 aliphatic heterocycles. The normalized spacial score (nSPS) is 16.9. The fraction of sp³-hybridized carbons (Fsp3) is 0.375. The predicted molar refractivity (Wildman–Crippen MR) is 80.0 cm³/mol. The Hall–Kier alpha value is -1.79. The monoisotopic (exact) mass is 288 g/mol. The number of hydrogen-bond acceptors (Lipinski definition) is 2. The van der Waals surface area contributed by atoms with Crippen molar-refractivity contribution < 1.29 is 4.79 Å². The summed E-state index contributed by atoms with van der Waals surface area (Å²) in [7, 11) is 0. The first-order valence-corrected chi connectivity index (χ1v) is 7.14. The number of nitriles is 1. The SMILES string of the molecule is CC1CCN(C(=O)/C(C#N)=C/c2ccc(Cl)cc2)CC1. The topological polar surface area (TPSA) is 44.1 Å². The van der Waals surface area contributed by atoms with E-state index in [0.717, 1.165) is 31.5 Å². The molecular weight excluding hydrogens is 272 g/mol. The highest BCUT2D eigenvalue weighted by Crippen LogP contribution is 2.19. The molecule has 104 valence electrons. The van der Waals surface area contributed by atoms with Crippen LogP contribution in [0.4, 0.5) is 0 Å². The second kappa shape index (κ2) is 6.58. The van der Waals surface area contributed by atoms with Crippen LogP contribution < -0.4 is 0 Å². The van der Waals surface area contributed by atoms with Crippen molar-refractivity contribution in [2.45, 2.75) is 19.8 Å². The summed E-state index contributed by atoms with van der Waals surface area (Å²) in [6.45, 7) is 3.66. The van der Waals surface area contributed by atoms with Crippen molar-refractivity contribution in [1.82, 2.24) is 4.90 Å². The van der Waals surface area contributed by atoms with Crippen LogP contribution in [0, 0.1) is 17.2 Å².